The third-order valence-corrected chi connectivity index (χ3v) is 8.97. The van der Waals surface area contributed by atoms with Gasteiger partial charge in [-0.2, -0.15) is 0 Å². The predicted octanol–water partition coefficient (Wildman–Crippen LogP) is 11.2. The van der Waals surface area contributed by atoms with Crippen molar-refractivity contribution < 1.29 is 0 Å². The summed E-state index contributed by atoms with van der Waals surface area (Å²) in [4.78, 5) is 2.45. The molecule has 200 valence electrons. The number of anilines is 3. The van der Waals surface area contributed by atoms with Gasteiger partial charge in [0.05, 0.1) is 5.69 Å². The summed E-state index contributed by atoms with van der Waals surface area (Å²) in [6.07, 6.45) is 0. The van der Waals surface area contributed by atoms with Crippen molar-refractivity contribution in [2.45, 2.75) is 40.0 Å². The van der Waals surface area contributed by atoms with Crippen LogP contribution in [0, 0.1) is 20.8 Å². The van der Waals surface area contributed by atoms with Gasteiger partial charge < -0.3 is 4.90 Å². The molecule has 7 rings (SSSR count). The zero-order chi connectivity index (χ0) is 28.3. The normalized spacial score (nSPS) is 13.2. The van der Waals surface area contributed by atoms with Gasteiger partial charge in [-0.05, 0) is 101 Å². The minimum Gasteiger partial charge on any atom is -0.310 e. The SMILES string of the molecule is Cc1ccc2c(c1)C(C)(C)c1cc(N(c3ccccc3)c3ccc(-c4ccccc4C)c(C)c3)c3ccccc3c1-2. The van der Waals surface area contributed by atoms with Gasteiger partial charge in [-0.25, -0.2) is 0 Å². The maximum Gasteiger partial charge on any atom is 0.0543 e. The molecule has 1 nitrogen and oxygen atoms in total. The Labute approximate surface area is 243 Å². The molecule has 0 saturated heterocycles. The number of nitrogens with zero attached hydrogens (tertiary/aromatic N) is 1. The molecular weight excluding hydrogens is 494 g/mol. The van der Waals surface area contributed by atoms with Crippen molar-refractivity contribution in [3.8, 4) is 22.3 Å². The Bertz CT molecular complexity index is 1940. The minimum atomic E-state index is -0.0948. The predicted molar refractivity (Wildman–Crippen MR) is 176 cm³/mol. The third kappa shape index (κ3) is 3.99. The molecule has 6 aromatic rings. The molecule has 0 aliphatic heterocycles. The van der Waals surface area contributed by atoms with E-state index in [0.29, 0.717) is 0 Å². The van der Waals surface area contributed by atoms with E-state index in [4.69, 9.17) is 0 Å². The molecule has 1 aliphatic carbocycles. The number of rotatable bonds is 4. The summed E-state index contributed by atoms with van der Waals surface area (Å²) in [5.74, 6) is 0. The topological polar surface area (TPSA) is 3.24 Å². The van der Waals surface area contributed by atoms with Gasteiger partial charge in [-0.3, -0.25) is 0 Å². The van der Waals surface area contributed by atoms with Crippen molar-refractivity contribution in [1.29, 1.82) is 0 Å². The molecule has 0 atom stereocenters. The lowest BCUT2D eigenvalue weighted by atomic mass is 9.81. The first-order chi connectivity index (χ1) is 19.8. The van der Waals surface area contributed by atoms with E-state index < -0.39 is 0 Å². The van der Waals surface area contributed by atoms with Crippen LogP contribution in [0.15, 0.2) is 121 Å². The van der Waals surface area contributed by atoms with Crippen LogP contribution >= 0.6 is 0 Å². The van der Waals surface area contributed by atoms with Crippen molar-refractivity contribution in [2.75, 3.05) is 4.90 Å². The van der Waals surface area contributed by atoms with Crippen LogP contribution in [0.25, 0.3) is 33.0 Å². The standard InChI is InChI=1S/C40H35N/c1-26-19-21-35-36(23-26)40(4,5)37-25-38(33-17-11-12-18-34(33)39(35)37)41(29-14-7-6-8-15-29)30-20-22-32(28(3)24-30)31-16-10-9-13-27(31)2/h6-25H,1-5H3. The second kappa shape index (κ2) is 9.49. The highest BCUT2D eigenvalue weighted by molar-refractivity contribution is 6.10. The van der Waals surface area contributed by atoms with E-state index in [-0.39, 0.29) is 5.41 Å². The first-order valence-corrected chi connectivity index (χ1v) is 14.5. The highest BCUT2D eigenvalue weighted by atomic mass is 15.1. The number of hydrogen-bond donors (Lipinski definition) is 0. The Morgan fingerprint density at radius 1 is 0.488 bits per heavy atom. The number of hydrogen-bond acceptors (Lipinski definition) is 1. The van der Waals surface area contributed by atoms with Gasteiger partial charge in [-0.15, -0.1) is 0 Å². The van der Waals surface area contributed by atoms with Crippen LogP contribution in [-0.2, 0) is 5.41 Å². The number of aryl methyl sites for hydroxylation is 3. The van der Waals surface area contributed by atoms with Gasteiger partial charge in [0.1, 0.15) is 0 Å². The zero-order valence-electron chi connectivity index (χ0n) is 24.5. The Morgan fingerprint density at radius 2 is 1.15 bits per heavy atom. The fourth-order valence-corrected chi connectivity index (χ4v) is 6.83. The first-order valence-electron chi connectivity index (χ1n) is 14.5. The first kappa shape index (κ1) is 25.4. The Morgan fingerprint density at radius 3 is 1.90 bits per heavy atom. The van der Waals surface area contributed by atoms with Crippen LogP contribution in [-0.4, -0.2) is 0 Å². The smallest absolute Gasteiger partial charge is 0.0543 e. The van der Waals surface area contributed by atoms with E-state index >= 15 is 0 Å². The average molecular weight is 530 g/mol. The average Bonchev–Trinajstić information content (AvgIpc) is 3.20. The van der Waals surface area contributed by atoms with E-state index in [1.807, 2.05) is 0 Å². The molecule has 0 fully saturated rings. The molecule has 0 amide bonds. The lowest BCUT2D eigenvalue weighted by Gasteiger charge is -2.30. The Kier molecular flexibility index (Phi) is 5.87. The molecule has 0 unspecified atom stereocenters. The summed E-state index contributed by atoms with van der Waals surface area (Å²) in [5, 5.41) is 2.57. The van der Waals surface area contributed by atoms with Crippen LogP contribution in [0.4, 0.5) is 17.1 Å². The summed E-state index contributed by atoms with van der Waals surface area (Å²) >= 11 is 0. The van der Waals surface area contributed by atoms with Gasteiger partial charge in [0, 0.05) is 22.2 Å². The molecule has 1 heteroatoms. The van der Waals surface area contributed by atoms with Crippen molar-refractivity contribution in [3.63, 3.8) is 0 Å². The number of fused-ring (bicyclic) bond motifs is 5. The molecule has 0 N–H and O–H groups in total. The third-order valence-electron chi connectivity index (χ3n) is 8.97. The fourth-order valence-electron chi connectivity index (χ4n) is 6.83. The molecule has 1 aliphatic rings. The van der Waals surface area contributed by atoms with E-state index in [1.165, 1.54) is 72.2 Å². The quantitative estimate of drug-likeness (QED) is 0.219. The Hall–Kier alpha value is -4.62. The van der Waals surface area contributed by atoms with E-state index in [9.17, 15) is 0 Å². The van der Waals surface area contributed by atoms with Gasteiger partial charge >= 0.3 is 0 Å². The number of benzene rings is 6. The largest absolute Gasteiger partial charge is 0.310 e. The summed E-state index contributed by atoms with van der Waals surface area (Å²) in [6.45, 7) is 11.4. The lowest BCUT2D eigenvalue weighted by molar-refractivity contribution is 0.660. The van der Waals surface area contributed by atoms with Crippen LogP contribution in [0.5, 0.6) is 0 Å². The maximum absolute atomic E-state index is 2.46. The van der Waals surface area contributed by atoms with Gasteiger partial charge in [0.15, 0.2) is 0 Å². The van der Waals surface area contributed by atoms with Crippen LogP contribution < -0.4 is 4.90 Å². The second-order valence-electron chi connectivity index (χ2n) is 12.0. The highest BCUT2D eigenvalue weighted by Gasteiger charge is 2.37. The van der Waals surface area contributed by atoms with Gasteiger partial charge in [0.2, 0.25) is 0 Å². The molecule has 0 spiro atoms. The van der Waals surface area contributed by atoms with Crippen molar-refractivity contribution in [1.82, 2.24) is 0 Å². The molecule has 0 radical (unpaired) electrons. The second-order valence-corrected chi connectivity index (χ2v) is 12.0. The molecular formula is C40H35N. The zero-order valence-corrected chi connectivity index (χ0v) is 24.5. The van der Waals surface area contributed by atoms with Crippen molar-refractivity contribution >= 4 is 27.8 Å². The summed E-state index contributed by atoms with van der Waals surface area (Å²) in [5.41, 5.74) is 15.4. The van der Waals surface area contributed by atoms with Crippen molar-refractivity contribution in [3.05, 3.63) is 149 Å². The lowest BCUT2D eigenvalue weighted by Crippen LogP contribution is -2.17. The molecule has 41 heavy (non-hydrogen) atoms. The minimum absolute atomic E-state index is 0.0948. The van der Waals surface area contributed by atoms with Crippen LogP contribution in [0.2, 0.25) is 0 Å². The van der Waals surface area contributed by atoms with Gasteiger partial charge in [0.25, 0.3) is 0 Å². The van der Waals surface area contributed by atoms with E-state index in [1.54, 1.807) is 0 Å². The van der Waals surface area contributed by atoms with E-state index in [0.717, 1.165) is 5.69 Å². The van der Waals surface area contributed by atoms with Crippen molar-refractivity contribution in [2.24, 2.45) is 0 Å². The molecule has 0 saturated carbocycles. The summed E-state index contributed by atoms with van der Waals surface area (Å²) in [6, 6.07) is 44.7. The fraction of sp³-hybridized carbons (Fsp3) is 0.150. The van der Waals surface area contributed by atoms with Crippen LogP contribution in [0.3, 0.4) is 0 Å². The highest BCUT2D eigenvalue weighted by Crippen LogP contribution is 2.54. The van der Waals surface area contributed by atoms with Crippen LogP contribution in [0.1, 0.15) is 41.7 Å². The summed E-state index contributed by atoms with van der Waals surface area (Å²) < 4.78 is 0. The summed E-state index contributed by atoms with van der Waals surface area (Å²) in [7, 11) is 0. The maximum atomic E-state index is 2.46. The molecule has 0 aromatic heterocycles. The molecule has 0 heterocycles. The monoisotopic (exact) mass is 529 g/mol. The van der Waals surface area contributed by atoms with E-state index in [2.05, 4.69) is 161 Å². The Balaban J connectivity index is 1.49. The van der Waals surface area contributed by atoms with Gasteiger partial charge in [-0.1, -0.05) is 110 Å². The molecule has 6 aromatic carbocycles. The number of para-hydroxylation sites is 1. The molecule has 0 bridgehead atoms.